The highest BCUT2D eigenvalue weighted by Crippen LogP contribution is 2.35. The third-order valence-corrected chi connectivity index (χ3v) is 4.26. The first-order valence-corrected chi connectivity index (χ1v) is 6.36. The minimum Gasteiger partial charge on any atom is -0.356 e. The van der Waals surface area contributed by atoms with Crippen LogP contribution in [0.25, 0.3) is 10.9 Å². The summed E-state index contributed by atoms with van der Waals surface area (Å²) in [6, 6.07) is 4.25. The highest BCUT2D eigenvalue weighted by molar-refractivity contribution is 9.10. The Balaban J connectivity index is 2.72. The molecule has 1 heterocycles. The van der Waals surface area contributed by atoms with E-state index < -0.39 is 0 Å². The summed E-state index contributed by atoms with van der Waals surface area (Å²) < 4.78 is 1.11. The number of aromatic nitrogens is 1. The Bertz CT molecular complexity index is 533. The number of hydrogen-bond donors (Lipinski definition) is 2. The van der Waals surface area contributed by atoms with Gasteiger partial charge in [0.25, 0.3) is 0 Å². The lowest BCUT2D eigenvalue weighted by atomic mass is 10.1. The molecule has 4 heteroatoms. The maximum absolute atomic E-state index is 6.11. The monoisotopic (exact) mass is 300 g/mol. The summed E-state index contributed by atoms with van der Waals surface area (Å²) in [4.78, 5) is 3.43. The van der Waals surface area contributed by atoms with Crippen molar-refractivity contribution in [1.82, 2.24) is 10.3 Å². The van der Waals surface area contributed by atoms with E-state index in [-0.39, 0.29) is 6.04 Å². The number of aromatic amines is 1. The molecule has 1 aromatic carbocycles. The number of benzene rings is 1. The lowest BCUT2D eigenvalue weighted by Crippen LogP contribution is -2.12. The van der Waals surface area contributed by atoms with Crippen LogP contribution in [0.5, 0.6) is 0 Å². The number of aryl methyl sites for hydroxylation is 1. The smallest absolute Gasteiger partial charge is 0.0512 e. The van der Waals surface area contributed by atoms with E-state index in [4.69, 9.17) is 11.6 Å². The van der Waals surface area contributed by atoms with Crippen LogP contribution in [0.2, 0.25) is 5.02 Å². The molecule has 2 rings (SSSR count). The summed E-state index contributed by atoms with van der Waals surface area (Å²) in [6.45, 7) is 4.15. The van der Waals surface area contributed by atoms with E-state index >= 15 is 0 Å². The van der Waals surface area contributed by atoms with E-state index in [1.807, 2.05) is 26.1 Å². The average Bonchev–Trinajstić information content (AvgIpc) is 2.61. The van der Waals surface area contributed by atoms with E-state index in [1.165, 1.54) is 5.39 Å². The fraction of sp³-hybridized carbons (Fsp3) is 0.333. The standard InChI is InChI=1S/C12H14BrClN2/c1-6-9(14)5-4-8-10(13)12(7(2)15-3)16-11(6)8/h4-5,7,15-16H,1-3H3. The molecule has 0 radical (unpaired) electrons. The van der Waals surface area contributed by atoms with Gasteiger partial charge in [-0.1, -0.05) is 17.7 Å². The second-order valence-electron chi connectivity index (χ2n) is 3.96. The zero-order valence-electron chi connectivity index (χ0n) is 9.49. The van der Waals surface area contributed by atoms with Gasteiger partial charge in [0.05, 0.1) is 5.52 Å². The molecular weight excluding hydrogens is 288 g/mol. The van der Waals surface area contributed by atoms with Crippen LogP contribution in [0.1, 0.15) is 24.2 Å². The van der Waals surface area contributed by atoms with E-state index in [9.17, 15) is 0 Å². The fourth-order valence-electron chi connectivity index (χ4n) is 1.81. The summed E-state index contributed by atoms with van der Waals surface area (Å²) in [5, 5.41) is 5.20. The van der Waals surface area contributed by atoms with Crippen molar-refractivity contribution < 1.29 is 0 Å². The number of hydrogen-bond acceptors (Lipinski definition) is 1. The molecule has 16 heavy (non-hydrogen) atoms. The van der Waals surface area contributed by atoms with Gasteiger partial charge in [-0.2, -0.15) is 0 Å². The first-order chi connectivity index (χ1) is 7.56. The molecule has 0 saturated carbocycles. The second-order valence-corrected chi connectivity index (χ2v) is 5.16. The van der Waals surface area contributed by atoms with Crippen molar-refractivity contribution in [1.29, 1.82) is 0 Å². The predicted octanol–water partition coefficient (Wildman–Crippen LogP) is 4.17. The topological polar surface area (TPSA) is 27.8 Å². The highest BCUT2D eigenvalue weighted by Gasteiger charge is 2.15. The lowest BCUT2D eigenvalue weighted by molar-refractivity contribution is 0.635. The summed E-state index contributed by atoms with van der Waals surface area (Å²) in [5.41, 5.74) is 3.36. The summed E-state index contributed by atoms with van der Waals surface area (Å²) >= 11 is 9.75. The zero-order valence-corrected chi connectivity index (χ0v) is 11.8. The van der Waals surface area contributed by atoms with Crippen LogP contribution in [0.4, 0.5) is 0 Å². The van der Waals surface area contributed by atoms with Crippen LogP contribution in [0, 0.1) is 6.92 Å². The Kier molecular flexibility index (Phi) is 3.29. The first kappa shape index (κ1) is 12.0. The van der Waals surface area contributed by atoms with Gasteiger partial charge in [-0.05, 0) is 48.5 Å². The predicted molar refractivity (Wildman–Crippen MR) is 73.2 cm³/mol. The number of fused-ring (bicyclic) bond motifs is 1. The van der Waals surface area contributed by atoms with Crippen molar-refractivity contribution >= 4 is 38.4 Å². The molecule has 0 fully saturated rings. The van der Waals surface area contributed by atoms with E-state index in [0.717, 1.165) is 26.3 Å². The quantitative estimate of drug-likeness (QED) is 0.856. The van der Waals surface area contributed by atoms with E-state index in [1.54, 1.807) is 0 Å². The molecule has 0 aliphatic rings. The van der Waals surface area contributed by atoms with Crippen molar-refractivity contribution in [3.8, 4) is 0 Å². The molecule has 0 amide bonds. The maximum atomic E-state index is 6.11. The number of H-pyrrole nitrogens is 1. The fourth-order valence-corrected chi connectivity index (χ4v) is 2.74. The van der Waals surface area contributed by atoms with Gasteiger partial charge in [-0.3, -0.25) is 0 Å². The van der Waals surface area contributed by atoms with Crippen molar-refractivity contribution in [2.75, 3.05) is 7.05 Å². The van der Waals surface area contributed by atoms with Crippen molar-refractivity contribution in [2.45, 2.75) is 19.9 Å². The molecule has 2 nitrogen and oxygen atoms in total. The lowest BCUT2D eigenvalue weighted by Gasteiger charge is -2.08. The summed E-state index contributed by atoms with van der Waals surface area (Å²) in [6.07, 6.45) is 0. The van der Waals surface area contributed by atoms with Crippen LogP contribution in [0.3, 0.4) is 0 Å². The van der Waals surface area contributed by atoms with Crippen LogP contribution in [-0.4, -0.2) is 12.0 Å². The Labute approximate surface area is 109 Å². The van der Waals surface area contributed by atoms with Gasteiger partial charge in [-0.15, -0.1) is 0 Å². The molecule has 0 saturated heterocycles. The van der Waals surface area contributed by atoms with Crippen molar-refractivity contribution in [3.05, 3.63) is 32.9 Å². The third kappa shape index (κ3) is 1.77. The zero-order chi connectivity index (χ0) is 11.9. The average molecular weight is 302 g/mol. The van der Waals surface area contributed by atoms with Crippen LogP contribution >= 0.6 is 27.5 Å². The Hall–Kier alpha value is -0.510. The molecular formula is C12H14BrClN2. The van der Waals surface area contributed by atoms with Crippen LogP contribution in [-0.2, 0) is 0 Å². The molecule has 1 aromatic heterocycles. The molecule has 2 aromatic rings. The Morgan fingerprint density at radius 3 is 2.75 bits per heavy atom. The molecule has 0 aliphatic heterocycles. The van der Waals surface area contributed by atoms with Crippen molar-refractivity contribution in [2.24, 2.45) is 0 Å². The molecule has 86 valence electrons. The maximum Gasteiger partial charge on any atom is 0.0512 e. The largest absolute Gasteiger partial charge is 0.356 e. The molecule has 0 aliphatic carbocycles. The second kappa shape index (κ2) is 4.40. The van der Waals surface area contributed by atoms with E-state index in [2.05, 4.69) is 33.2 Å². The number of rotatable bonds is 2. The minimum atomic E-state index is 0.278. The highest BCUT2D eigenvalue weighted by atomic mass is 79.9. The number of nitrogens with one attached hydrogen (secondary N) is 2. The molecule has 1 unspecified atom stereocenters. The van der Waals surface area contributed by atoms with Gasteiger partial charge in [-0.25, -0.2) is 0 Å². The molecule has 2 N–H and O–H groups in total. The molecule has 0 bridgehead atoms. The van der Waals surface area contributed by atoms with Crippen LogP contribution in [0.15, 0.2) is 16.6 Å². The van der Waals surface area contributed by atoms with Gasteiger partial charge in [0.2, 0.25) is 0 Å². The molecule has 0 spiro atoms. The molecule has 1 atom stereocenters. The first-order valence-electron chi connectivity index (χ1n) is 5.19. The van der Waals surface area contributed by atoms with E-state index in [0.29, 0.717) is 0 Å². The van der Waals surface area contributed by atoms with Crippen molar-refractivity contribution in [3.63, 3.8) is 0 Å². The van der Waals surface area contributed by atoms with Gasteiger partial charge in [0.1, 0.15) is 0 Å². The Morgan fingerprint density at radius 1 is 1.44 bits per heavy atom. The SMILES string of the molecule is CNC(C)c1[nH]c2c(C)c(Cl)ccc2c1Br. The minimum absolute atomic E-state index is 0.278. The summed E-state index contributed by atoms with van der Waals surface area (Å²) in [5.74, 6) is 0. The number of halogens is 2. The summed E-state index contributed by atoms with van der Waals surface area (Å²) in [7, 11) is 1.95. The normalized spacial score (nSPS) is 13.3. The van der Waals surface area contributed by atoms with Gasteiger partial charge in [0, 0.05) is 26.6 Å². The van der Waals surface area contributed by atoms with Gasteiger partial charge in [0.15, 0.2) is 0 Å². The van der Waals surface area contributed by atoms with Crippen LogP contribution < -0.4 is 5.32 Å². The third-order valence-electron chi connectivity index (χ3n) is 3.00. The Morgan fingerprint density at radius 2 is 2.12 bits per heavy atom. The van der Waals surface area contributed by atoms with Gasteiger partial charge < -0.3 is 10.3 Å². The van der Waals surface area contributed by atoms with Gasteiger partial charge >= 0.3 is 0 Å².